The van der Waals surface area contributed by atoms with E-state index in [9.17, 15) is 5.11 Å². The van der Waals surface area contributed by atoms with Crippen molar-refractivity contribution in [1.29, 1.82) is 0 Å². The molecule has 0 aliphatic heterocycles. The van der Waals surface area contributed by atoms with Crippen LogP contribution in [0.4, 0.5) is 0 Å². The SMILES string of the molecule is CC(C)(C)c1cc(-c2cccc3c2nc(-c2ccccc2O)n3-c2ccc(C(C)(C)C)cc2-c2ccccc2)[c-]c(-c2nccc3oc4ccccc4c23)c1.[Pt]. The molecule has 6 heteroatoms. The fraction of sp³-hybridized carbons (Fsp3) is 0.160. The second kappa shape index (κ2) is 14.1. The molecule has 5 nitrogen and oxygen atoms in total. The van der Waals surface area contributed by atoms with Crippen molar-refractivity contribution in [3.8, 4) is 56.3 Å². The normalized spacial score (nSPS) is 12.0. The molecule has 0 fully saturated rings. The zero-order chi connectivity index (χ0) is 38.1. The van der Waals surface area contributed by atoms with E-state index in [1.807, 2.05) is 54.7 Å². The average molecular weight is 912 g/mol. The second-order valence-corrected chi connectivity index (χ2v) is 16.4. The number of para-hydroxylation sites is 3. The van der Waals surface area contributed by atoms with Crippen LogP contribution in [-0.2, 0) is 31.9 Å². The van der Waals surface area contributed by atoms with Gasteiger partial charge in [0.05, 0.1) is 22.3 Å². The fourth-order valence-electron chi connectivity index (χ4n) is 7.60. The van der Waals surface area contributed by atoms with Crippen molar-refractivity contribution in [1.82, 2.24) is 14.5 Å². The fourth-order valence-corrected chi connectivity index (χ4v) is 7.60. The number of benzene rings is 6. The maximum absolute atomic E-state index is 11.3. The van der Waals surface area contributed by atoms with Gasteiger partial charge in [-0.05, 0) is 64.4 Å². The Labute approximate surface area is 342 Å². The van der Waals surface area contributed by atoms with E-state index in [1.54, 1.807) is 6.07 Å². The predicted octanol–water partition coefficient (Wildman–Crippen LogP) is 13.1. The largest absolute Gasteiger partial charge is 0.507 e. The molecule has 56 heavy (non-hydrogen) atoms. The van der Waals surface area contributed by atoms with E-state index in [1.165, 1.54) is 5.56 Å². The van der Waals surface area contributed by atoms with Crippen LogP contribution < -0.4 is 0 Å². The summed E-state index contributed by atoms with van der Waals surface area (Å²) in [6.45, 7) is 13.4. The Kier molecular flexibility index (Phi) is 9.33. The maximum Gasteiger partial charge on any atom is 0.148 e. The Bertz CT molecular complexity index is 2910. The van der Waals surface area contributed by atoms with Crippen LogP contribution >= 0.6 is 0 Å². The Morgan fingerprint density at radius 2 is 1.32 bits per heavy atom. The van der Waals surface area contributed by atoms with Crippen LogP contribution in [0.2, 0.25) is 0 Å². The first-order valence-corrected chi connectivity index (χ1v) is 18.8. The van der Waals surface area contributed by atoms with Gasteiger partial charge in [0.25, 0.3) is 0 Å². The average Bonchev–Trinajstić information content (AvgIpc) is 3.76. The minimum absolute atomic E-state index is 0. The number of aromatic hydroxyl groups is 1. The Hall–Kier alpha value is -5.77. The third-order valence-corrected chi connectivity index (χ3v) is 10.6. The van der Waals surface area contributed by atoms with Gasteiger partial charge in [-0.2, -0.15) is 0 Å². The van der Waals surface area contributed by atoms with Crippen molar-refractivity contribution in [2.75, 3.05) is 0 Å². The first-order valence-electron chi connectivity index (χ1n) is 18.8. The number of imidazole rings is 1. The van der Waals surface area contributed by atoms with E-state index in [0.717, 1.165) is 77.7 Å². The van der Waals surface area contributed by atoms with Gasteiger partial charge in [-0.25, -0.2) is 4.98 Å². The van der Waals surface area contributed by atoms with Crippen LogP contribution in [0.15, 0.2) is 144 Å². The van der Waals surface area contributed by atoms with Gasteiger partial charge in [0.1, 0.15) is 22.7 Å². The smallest absolute Gasteiger partial charge is 0.148 e. The van der Waals surface area contributed by atoms with Gasteiger partial charge in [-0.15, -0.1) is 29.3 Å². The zero-order valence-electron chi connectivity index (χ0n) is 32.3. The molecule has 280 valence electrons. The van der Waals surface area contributed by atoms with E-state index in [0.29, 0.717) is 11.4 Å². The molecule has 3 aromatic heterocycles. The van der Waals surface area contributed by atoms with Crippen LogP contribution in [0.1, 0.15) is 52.7 Å². The van der Waals surface area contributed by atoms with Crippen LogP contribution in [0.5, 0.6) is 5.75 Å². The molecule has 0 radical (unpaired) electrons. The number of hydrogen-bond donors (Lipinski definition) is 1. The summed E-state index contributed by atoms with van der Waals surface area (Å²) in [7, 11) is 0. The Morgan fingerprint density at radius 1 is 0.625 bits per heavy atom. The van der Waals surface area contributed by atoms with Gasteiger partial charge in [0.15, 0.2) is 0 Å². The number of hydrogen-bond acceptors (Lipinski definition) is 4. The summed E-state index contributed by atoms with van der Waals surface area (Å²) in [5.41, 5.74) is 12.9. The third-order valence-electron chi connectivity index (χ3n) is 10.6. The second-order valence-electron chi connectivity index (χ2n) is 16.4. The molecule has 3 heterocycles. The van der Waals surface area contributed by atoms with Crippen LogP contribution in [0.25, 0.3) is 83.6 Å². The number of furan rings is 1. The van der Waals surface area contributed by atoms with E-state index in [4.69, 9.17) is 14.4 Å². The zero-order valence-corrected chi connectivity index (χ0v) is 34.6. The minimum Gasteiger partial charge on any atom is -0.507 e. The van der Waals surface area contributed by atoms with Crippen molar-refractivity contribution in [3.05, 3.63) is 157 Å². The molecule has 9 rings (SSSR count). The van der Waals surface area contributed by atoms with E-state index < -0.39 is 0 Å². The van der Waals surface area contributed by atoms with E-state index >= 15 is 0 Å². The summed E-state index contributed by atoms with van der Waals surface area (Å²) in [5.74, 6) is 0.827. The standard InChI is InChI=1S/C50H42N3O2.Pt/c1-49(2,3)34-23-24-40(39(30-34)31-15-8-7-9-16-31)53-41-20-14-19-36(47(41)52-48(53)37-17-10-12-21-42(37)54)32-27-33(29-35(28-32)50(4,5)6)46-45-38-18-11-13-22-43(38)55-44(45)25-26-51-46;/h7-26,28-30,54H,1-6H3;/q-1;. The van der Waals surface area contributed by atoms with Gasteiger partial charge < -0.3 is 9.52 Å². The molecule has 0 spiro atoms. The number of fused-ring (bicyclic) bond motifs is 4. The van der Waals surface area contributed by atoms with Gasteiger partial charge in [-0.1, -0.05) is 132 Å². The molecular formula is C50H42N3O2Pt-. The first kappa shape index (κ1) is 37.2. The number of phenolic OH excluding ortho intramolecular Hbond substituents is 1. The minimum atomic E-state index is -0.168. The van der Waals surface area contributed by atoms with Crippen LogP contribution in [0.3, 0.4) is 0 Å². The van der Waals surface area contributed by atoms with Crippen molar-refractivity contribution >= 4 is 33.0 Å². The van der Waals surface area contributed by atoms with E-state index in [2.05, 4.69) is 131 Å². The molecule has 9 aromatic rings. The summed E-state index contributed by atoms with van der Waals surface area (Å²) in [6, 6.07) is 49.3. The molecule has 6 aromatic carbocycles. The summed E-state index contributed by atoms with van der Waals surface area (Å²) in [6.07, 6.45) is 1.81. The molecule has 0 saturated heterocycles. The van der Waals surface area contributed by atoms with Crippen molar-refractivity contribution in [2.24, 2.45) is 0 Å². The third kappa shape index (κ3) is 6.44. The van der Waals surface area contributed by atoms with Crippen LogP contribution in [-0.4, -0.2) is 19.6 Å². The van der Waals surface area contributed by atoms with Crippen molar-refractivity contribution in [2.45, 2.75) is 52.4 Å². The molecular weight excluding hydrogens is 870 g/mol. The van der Waals surface area contributed by atoms with Crippen molar-refractivity contribution in [3.63, 3.8) is 0 Å². The first-order chi connectivity index (χ1) is 26.5. The molecule has 0 bridgehead atoms. The summed E-state index contributed by atoms with van der Waals surface area (Å²) in [4.78, 5) is 10.4. The molecule has 0 saturated carbocycles. The molecule has 0 aliphatic rings. The van der Waals surface area contributed by atoms with E-state index in [-0.39, 0.29) is 37.6 Å². The number of pyridine rings is 1. The van der Waals surface area contributed by atoms with Gasteiger partial charge in [0, 0.05) is 49.3 Å². The Morgan fingerprint density at radius 3 is 2.09 bits per heavy atom. The molecule has 0 atom stereocenters. The quantitative estimate of drug-likeness (QED) is 0.175. The summed E-state index contributed by atoms with van der Waals surface area (Å²) >= 11 is 0. The number of phenols is 1. The summed E-state index contributed by atoms with van der Waals surface area (Å²) < 4.78 is 8.48. The number of nitrogens with zero attached hydrogens (tertiary/aromatic N) is 3. The number of rotatable bonds is 5. The number of aromatic nitrogens is 3. The molecule has 0 amide bonds. The van der Waals surface area contributed by atoms with Crippen LogP contribution in [0, 0.1) is 6.07 Å². The van der Waals surface area contributed by atoms with Gasteiger partial charge in [-0.3, -0.25) is 9.55 Å². The molecule has 1 N–H and O–H groups in total. The molecule has 0 aliphatic carbocycles. The maximum atomic E-state index is 11.3. The topological polar surface area (TPSA) is 64.1 Å². The van der Waals surface area contributed by atoms with Gasteiger partial charge in [0.2, 0.25) is 0 Å². The molecule has 0 unspecified atom stereocenters. The van der Waals surface area contributed by atoms with Crippen molar-refractivity contribution < 1.29 is 30.6 Å². The predicted molar refractivity (Wildman–Crippen MR) is 226 cm³/mol. The monoisotopic (exact) mass is 911 g/mol. The Balaban J connectivity index is 0.00000441. The van der Waals surface area contributed by atoms with Gasteiger partial charge >= 0.3 is 0 Å². The summed E-state index contributed by atoms with van der Waals surface area (Å²) in [5, 5.41) is 13.3.